The number of carbonyl (C=O) groups is 2. The summed E-state index contributed by atoms with van der Waals surface area (Å²) in [4.78, 5) is 19.4. The van der Waals surface area contributed by atoms with E-state index < -0.39 is 5.97 Å². The van der Waals surface area contributed by atoms with E-state index in [0.717, 1.165) is 6.29 Å². The first kappa shape index (κ1) is 8.14. The van der Waals surface area contributed by atoms with Crippen LogP contribution in [0.1, 0.15) is 25.7 Å². The summed E-state index contributed by atoms with van der Waals surface area (Å²) in [6.07, 6.45) is 2.49. The molecule has 0 aromatic rings. The predicted octanol–water partition coefficient (Wildman–Crippen LogP) is -0.504. The Labute approximate surface area is 53.7 Å². The Morgan fingerprint density at radius 1 is 1.44 bits per heavy atom. The molecule has 9 heavy (non-hydrogen) atoms. The molecule has 0 aromatic carbocycles. The van der Waals surface area contributed by atoms with Crippen molar-refractivity contribution in [2.75, 3.05) is 0 Å². The molecule has 0 saturated carbocycles. The van der Waals surface area contributed by atoms with Crippen LogP contribution in [-0.2, 0) is 9.59 Å². The lowest BCUT2D eigenvalue weighted by Crippen LogP contribution is -2.21. The summed E-state index contributed by atoms with van der Waals surface area (Å²) in [6.45, 7) is 0. The summed E-state index contributed by atoms with van der Waals surface area (Å²) >= 11 is 0. The first-order chi connectivity index (χ1) is 4.27. The van der Waals surface area contributed by atoms with Gasteiger partial charge in [0.2, 0.25) is 0 Å². The Morgan fingerprint density at radius 2 is 2.11 bits per heavy atom. The fourth-order valence-corrected chi connectivity index (χ4v) is 0.497. The third-order valence-electron chi connectivity index (χ3n) is 0.953. The Morgan fingerprint density at radius 3 is 2.56 bits per heavy atom. The molecule has 0 atom stereocenters. The molecule has 3 heteroatoms. The zero-order valence-corrected chi connectivity index (χ0v) is 5.13. The van der Waals surface area contributed by atoms with Crippen molar-refractivity contribution >= 4 is 12.3 Å². The van der Waals surface area contributed by atoms with Crippen LogP contribution in [0, 0.1) is 0 Å². The molecule has 0 radical (unpaired) electrons. The number of carboxylic acid groups (broad SMARTS) is 1. The van der Waals surface area contributed by atoms with Gasteiger partial charge in [-0.2, -0.15) is 0 Å². The largest absolute Gasteiger partial charge is 0.550 e. The van der Waals surface area contributed by atoms with Gasteiger partial charge in [-0.1, -0.05) is 0 Å². The van der Waals surface area contributed by atoms with Gasteiger partial charge in [0.1, 0.15) is 6.29 Å². The van der Waals surface area contributed by atoms with Crippen molar-refractivity contribution in [1.29, 1.82) is 0 Å². The second-order valence-corrected chi connectivity index (χ2v) is 1.78. The number of aliphatic carboxylic acids is 1. The van der Waals surface area contributed by atoms with Crippen LogP contribution in [0.3, 0.4) is 0 Å². The van der Waals surface area contributed by atoms with Gasteiger partial charge < -0.3 is 14.7 Å². The van der Waals surface area contributed by atoms with Crippen LogP contribution in [0.2, 0.25) is 0 Å². The zero-order valence-electron chi connectivity index (χ0n) is 5.13. The van der Waals surface area contributed by atoms with Gasteiger partial charge in [0.25, 0.3) is 0 Å². The second kappa shape index (κ2) is 5.28. The summed E-state index contributed by atoms with van der Waals surface area (Å²) in [6, 6.07) is 0. The van der Waals surface area contributed by atoms with E-state index in [2.05, 4.69) is 0 Å². The Bertz CT molecular complexity index is 98.5. The number of aldehydes is 1. The summed E-state index contributed by atoms with van der Waals surface area (Å²) in [5.41, 5.74) is 0. The lowest BCUT2D eigenvalue weighted by molar-refractivity contribution is -0.305. The fraction of sp³-hybridized carbons (Fsp3) is 0.667. The van der Waals surface area contributed by atoms with E-state index in [-0.39, 0.29) is 6.42 Å². The van der Waals surface area contributed by atoms with Crippen molar-refractivity contribution < 1.29 is 14.7 Å². The molecule has 0 rings (SSSR count). The quantitative estimate of drug-likeness (QED) is 0.371. The first-order valence-corrected chi connectivity index (χ1v) is 2.91. The summed E-state index contributed by atoms with van der Waals surface area (Å²) in [7, 11) is 0. The summed E-state index contributed by atoms with van der Waals surface area (Å²) in [5.74, 6) is -1.04. The maximum atomic E-state index is 9.76. The zero-order chi connectivity index (χ0) is 7.11. The van der Waals surface area contributed by atoms with Crippen molar-refractivity contribution in [3.63, 3.8) is 0 Å². The topological polar surface area (TPSA) is 57.2 Å². The number of unbranched alkanes of at least 4 members (excludes halogenated alkanes) is 2. The predicted molar refractivity (Wildman–Crippen MR) is 29.5 cm³/mol. The molecule has 0 heterocycles. The van der Waals surface area contributed by atoms with Gasteiger partial charge in [0.05, 0.1) is 0 Å². The van der Waals surface area contributed by atoms with Crippen LogP contribution in [0.15, 0.2) is 0 Å². The van der Waals surface area contributed by atoms with Gasteiger partial charge in [0.15, 0.2) is 0 Å². The fourth-order valence-electron chi connectivity index (χ4n) is 0.497. The van der Waals surface area contributed by atoms with Crippen LogP contribution in [0.4, 0.5) is 0 Å². The minimum absolute atomic E-state index is 0.0633. The third-order valence-corrected chi connectivity index (χ3v) is 0.953. The van der Waals surface area contributed by atoms with E-state index in [4.69, 9.17) is 0 Å². The Balaban J connectivity index is 2.91. The highest BCUT2D eigenvalue weighted by Gasteiger charge is 1.86. The van der Waals surface area contributed by atoms with E-state index >= 15 is 0 Å². The first-order valence-electron chi connectivity index (χ1n) is 2.91. The molecule has 0 N–H and O–H groups in total. The van der Waals surface area contributed by atoms with Crippen LogP contribution in [0.25, 0.3) is 0 Å². The molecule has 0 aliphatic carbocycles. The molecule has 0 fully saturated rings. The van der Waals surface area contributed by atoms with E-state index in [1.165, 1.54) is 0 Å². The van der Waals surface area contributed by atoms with Gasteiger partial charge in [-0.15, -0.1) is 0 Å². The number of carboxylic acids is 1. The smallest absolute Gasteiger partial charge is 0.119 e. The van der Waals surface area contributed by atoms with Gasteiger partial charge >= 0.3 is 0 Å². The number of hydrogen-bond donors (Lipinski definition) is 0. The highest BCUT2D eigenvalue weighted by Crippen LogP contribution is 1.95. The van der Waals surface area contributed by atoms with Crippen LogP contribution < -0.4 is 5.11 Å². The van der Waals surface area contributed by atoms with Gasteiger partial charge in [0, 0.05) is 12.4 Å². The summed E-state index contributed by atoms with van der Waals surface area (Å²) in [5, 5.41) is 9.76. The molecule has 0 amide bonds. The monoisotopic (exact) mass is 129 g/mol. The molecule has 3 nitrogen and oxygen atoms in total. The maximum Gasteiger partial charge on any atom is 0.119 e. The molecule has 52 valence electrons. The van der Waals surface area contributed by atoms with E-state index in [1.807, 2.05) is 0 Å². The van der Waals surface area contributed by atoms with E-state index in [9.17, 15) is 14.7 Å². The number of rotatable bonds is 5. The van der Waals surface area contributed by atoms with Gasteiger partial charge in [-0.05, 0) is 19.3 Å². The third kappa shape index (κ3) is 7.14. The molecule has 0 unspecified atom stereocenters. The van der Waals surface area contributed by atoms with Crippen LogP contribution >= 0.6 is 0 Å². The molecule has 0 bridgehead atoms. The molecule has 0 aliphatic heterocycles. The molecular weight excluding hydrogens is 120 g/mol. The highest BCUT2D eigenvalue weighted by atomic mass is 16.4. The molecule has 0 aromatic heterocycles. The Hall–Kier alpha value is -0.860. The molecule has 0 saturated heterocycles. The second-order valence-electron chi connectivity index (χ2n) is 1.78. The number of hydrogen-bond acceptors (Lipinski definition) is 3. The molecular formula is C6H9O3-. The highest BCUT2D eigenvalue weighted by molar-refractivity contribution is 5.64. The van der Waals surface area contributed by atoms with Crippen molar-refractivity contribution in [2.24, 2.45) is 0 Å². The van der Waals surface area contributed by atoms with Crippen LogP contribution in [-0.4, -0.2) is 12.3 Å². The van der Waals surface area contributed by atoms with Crippen molar-refractivity contribution in [3.05, 3.63) is 0 Å². The van der Waals surface area contributed by atoms with E-state index in [1.54, 1.807) is 0 Å². The van der Waals surface area contributed by atoms with E-state index in [0.29, 0.717) is 19.3 Å². The SMILES string of the molecule is O=CCCCCC(=O)[O-]. The standard InChI is InChI=1S/C6H10O3/c7-5-3-1-2-4-6(8)9/h5H,1-4H2,(H,8,9)/p-1. The molecule has 0 spiro atoms. The molecule has 0 aliphatic rings. The normalized spacial score (nSPS) is 8.89. The van der Waals surface area contributed by atoms with Gasteiger partial charge in [-0.25, -0.2) is 0 Å². The average Bonchev–Trinajstić information content (AvgIpc) is 1.80. The van der Waals surface area contributed by atoms with Crippen molar-refractivity contribution in [2.45, 2.75) is 25.7 Å². The number of carbonyl (C=O) groups excluding carboxylic acids is 2. The lowest BCUT2D eigenvalue weighted by atomic mass is 10.2. The van der Waals surface area contributed by atoms with Crippen LogP contribution in [0.5, 0.6) is 0 Å². The minimum atomic E-state index is -1.04. The maximum absolute atomic E-state index is 9.76. The Kier molecular flexibility index (Phi) is 4.78. The van der Waals surface area contributed by atoms with Crippen molar-refractivity contribution in [3.8, 4) is 0 Å². The van der Waals surface area contributed by atoms with Crippen molar-refractivity contribution in [1.82, 2.24) is 0 Å². The minimum Gasteiger partial charge on any atom is -0.550 e. The lowest BCUT2D eigenvalue weighted by Gasteiger charge is -1.97. The summed E-state index contributed by atoms with van der Waals surface area (Å²) < 4.78 is 0. The average molecular weight is 129 g/mol. The van der Waals surface area contributed by atoms with Gasteiger partial charge in [-0.3, -0.25) is 0 Å².